The zero-order chi connectivity index (χ0) is 12.2. The van der Waals surface area contributed by atoms with Crippen molar-refractivity contribution >= 4 is 9.84 Å². The molecule has 0 aliphatic carbocycles. The fourth-order valence-electron chi connectivity index (χ4n) is 1.08. The summed E-state index contributed by atoms with van der Waals surface area (Å²) in [5.41, 5.74) is -0.623. The fourth-order valence-corrected chi connectivity index (χ4v) is 2.58. The summed E-state index contributed by atoms with van der Waals surface area (Å²) < 4.78 is 23.6. The van der Waals surface area contributed by atoms with E-state index in [9.17, 15) is 8.42 Å². The summed E-state index contributed by atoms with van der Waals surface area (Å²) in [6, 6.07) is 6.85. The van der Waals surface area contributed by atoms with Crippen LogP contribution in [0.15, 0.2) is 29.4 Å². The highest BCUT2D eigenvalue weighted by molar-refractivity contribution is 7.91. The molecule has 1 aromatic rings. The van der Waals surface area contributed by atoms with E-state index in [1.807, 2.05) is 0 Å². The number of pyridine rings is 1. The number of aromatic nitrogens is 1. The Kier molecular flexibility index (Phi) is 3.66. The molecule has 0 aliphatic rings. The molecular weight excluding hydrogens is 224 g/mol. The molecule has 0 saturated carbocycles. The van der Waals surface area contributed by atoms with Crippen LogP contribution in [0.5, 0.6) is 0 Å². The molecule has 5 heteroatoms. The van der Waals surface area contributed by atoms with Crippen LogP contribution in [0.4, 0.5) is 0 Å². The van der Waals surface area contributed by atoms with Crippen molar-refractivity contribution in [1.82, 2.24) is 4.98 Å². The Morgan fingerprint density at radius 3 is 2.62 bits per heavy atom. The van der Waals surface area contributed by atoms with E-state index >= 15 is 0 Å². The van der Waals surface area contributed by atoms with Crippen molar-refractivity contribution in [3.63, 3.8) is 0 Å². The summed E-state index contributed by atoms with van der Waals surface area (Å²) >= 11 is 0. The van der Waals surface area contributed by atoms with Gasteiger partial charge >= 0.3 is 0 Å². The zero-order valence-electron chi connectivity index (χ0n) is 9.34. The third-order valence-electron chi connectivity index (χ3n) is 2.25. The van der Waals surface area contributed by atoms with Gasteiger partial charge in [0.05, 0.1) is 17.2 Å². The molecule has 86 valence electrons. The lowest BCUT2D eigenvalue weighted by Gasteiger charge is -2.14. The standard InChI is InChI=1S/C11H14N2O2S/c1-11(2,9-12)6-8-16(14,15)10-5-3-4-7-13-10/h3-5,7H,6,8H2,1-2H3. The largest absolute Gasteiger partial charge is 0.245 e. The van der Waals surface area contributed by atoms with Crippen molar-refractivity contribution < 1.29 is 8.42 Å². The maximum absolute atomic E-state index is 11.8. The second-order valence-corrected chi connectivity index (χ2v) is 6.29. The molecule has 1 aromatic heterocycles. The molecule has 0 aliphatic heterocycles. The SMILES string of the molecule is CC(C)(C#N)CCS(=O)(=O)c1ccccn1. The molecule has 0 atom stereocenters. The molecule has 0 fully saturated rings. The van der Waals surface area contributed by atoms with E-state index in [1.165, 1.54) is 12.3 Å². The highest BCUT2D eigenvalue weighted by Gasteiger charge is 2.23. The van der Waals surface area contributed by atoms with Gasteiger partial charge in [0.15, 0.2) is 14.9 Å². The molecule has 0 aromatic carbocycles. The van der Waals surface area contributed by atoms with Crippen LogP contribution in [-0.4, -0.2) is 19.2 Å². The van der Waals surface area contributed by atoms with Crippen molar-refractivity contribution in [3.05, 3.63) is 24.4 Å². The Bertz CT molecular complexity index is 486. The third kappa shape index (κ3) is 3.31. The van der Waals surface area contributed by atoms with E-state index in [2.05, 4.69) is 11.1 Å². The Labute approximate surface area is 95.9 Å². The summed E-state index contributed by atoms with van der Waals surface area (Å²) in [7, 11) is -3.37. The number of rotatable bonds is 4. The molecule has 0 bridgehead atoms. The molecule has 0 spiro atoms. The normalized spacial score (nSPS) is 12.1. The lowest BCUT2D eigenvalue weighted by atomic mass is 9.93. The number of nitrogens with zero attached hydrogens (tertiary/aromatic N) is 2. The molecule has 0 N–H and O–H groups in total. The van der Waals surface area contributed by atoms with Gasteiger partial charge in [-0.3, -0.25) is 0 Å². The maximum atomic E-state index is 11.8. The Morgan fingerprint density at radius 1 is 1.44 bits per heavy atom. The molecular formula is C11H14N2O2S. The van der Waals surface area contributed by atoms with Gasteiger partial charge in [0.1, 0.15) is 0 Å². The molecule has 1 heterocycles. The minimum absolute atomic E-state index is 0.0510. The first-order valence-corrected chi connectivity index (χ1v) is 6.58. The first-order chi connectivity index (χ1) is 7.37. The summed E-state index contributed by atoms with van der Waals surface area (Å²) in [6.07, 6.45) is 1.75. The van der Waals surface area contributed by atoms with Gasteiger partial charge in [-0.15, -0.1) is 0 Å². The lowest BCUT2D eigenvalue weighted by Crippen LogP contribution is -2.16. The minimum atomic E-state index is -3.37. The molecule has 0 saturated heterocycles. The van der Waals surface area contributed by atoms with Gasteiger partial charge in [-0.2, -0.15) is 5.26 Å². The minimum Gasteiger partial charge on any atom is -0.245 e. The van der Waals surface area contributed by atoms with Crippen LogP contribution in [0.3, 0.4) is 0 Å². The number of sulfone groups is 1. The van der Waals surface area contributed by atoms with Gasteiger partial charge in [0, 0.05) is 6.20 Å². The molecule has 16 heavy (non-hydrogen) atoms. The summed E-state index contributed by atoms with van der Waals surface area (Å²) in [4.78, 5) is 3.81. The van der Waals surface area contributed by atoms with E-state index in [4.69, 9.17) is 5.26 Å². The highest BCUT2D eigenvalue weighted by Crippen LogP contribution is 2.21. The number of nitriles is 1. The van der Waals surface area contributed by atoms with Gasteiger partial charge < -0.3 is 0 Å². The van der Waals surface area contributed by atoms with Gasteiger partial charge in [0.2, 0.25) is 0 Å². The van der Waals surface area contributed by atoms with Gasteiger partial charge in [0.25, 0.3) is 0 Å². The molecule has 0 amide bonds. The van der Waals surface area contributed by atoms with Crippen LogP contribution in [0.2, 0.25) is 0 Å². The first kappa shape index (κ1) is 12.7. The number of hydrogen-bond donors (Lipinski definition) is 0. The summed E-state index contributed by atoms with van der Waals surface area (Å²) in [5.74, 6) is -0.0510. The smallest absolute Gasteiger partial charge is 0.195 e. The predicted molar refractivity (Wildman–Crippen MR) is 60.3 cm³/mol. The average Bonchev–Trinajstić information content (AvgIpc) is 2.28. The van der Waals surface area contributed by atoms with E-state index in [0.717, 1.165) is 0 Å². The van der Waals surface area contributed by atoms with Crippen LogP contribution < -0.4 is 0 Å². The van der Waals surface area contributed by atoms with Gasteiger partial charge in [-0.05, 0) is 32.4 Å². The Balaban J connectivity index is 2.80. The summed E-state index contributed by atoms with van der Waals surface area (Å²) in [5, 5.41) is 8.87. The highest BCUT2D eigenvalue weighted by atomic mass is 32.2. The van der Waals surface area contributed by atoms with Gasteiger partial charge in [-0.25, -0.2) is 13.4 Å². The molecule has 0 radical (unpaired) electrons. The second-order valence-electron chi connectivity index (χ2n) is 4.23. The topological polar surface area (TPSA) is 70.8 Å². The van der Waals surface area contributed by atoms with Crippen LogP contribution >= 0.6 is 0 Å². The van der Waals surface area contributed by atoms with Crippen molar-refractivity contribution in [3.8, 4) is 6.07 Å². The quantitative estimate of drug-likeness (QED) is 0.801. The monoisotopic (exact) mass is 238 g/mol. The van der Waals surface area contributed by atoms with Crippen LogP contribution in [0.25, 0.3) is 0 Å². The van der Waals surface area contributed by atoms with Crippen molar-refractivity contribution in [2.45, 2.75) is 25.3 Å². The van der Waals surface area contributed by atoms with Crippen molar-refractivity contribution in [1.29, 1.82) is 5.26 Å². The van der Waals surface area contributed by atoms with Gasteiger partial charge in [-0.1, -0.05) is 6.07 Å². The number of hydrogen-bond acceptors (Lipinski definition) is 4. The summed E-state index contributed by atoms with van der Waals surface area (Å²) in [6.45, 7) is 3.45. The van der Waals surface area contributed by atoms with Crippen LogP contribution in [0.1, 0.15) is 20.3 Å². The predicted octanol–water partition coefficient (Wildman–Crippen LogP) is 1.80. The van der Waals surface area contributed by atoms with E-state index in [-0.39, 0.29) is 10.8 Å². The second kappa shape index (κ2) is 4.62. The molecule has 4 nitrogen and oxygen atoms in total. The molecule has 0 unspecified atom stereocenters. The Hall–Kier alpha value is -1.41. The van der Waals surface area contributed by atoms with E-state index in [0.29, 0.717) is 6.42 Å². The lowest BCUT2D eigenvalue weighted by molar-refractivity contribution is 0.473. The average molecular weight is 238 g/mol. The van der Waals surface area contributed by atoms with Crippen molar-refractivity contribution in [2.24, 2.45) is 5.41 Å². The van der Waals surface area contributed by atoms with Crippen LogP contribution in [-0.2, 0) is 9.84 Å². The maximum Gasteiger partial charge on any atom is 0.195 e. The van der Waals surface area contributed by atoms with Crippen LogP contribution in [0, 0.1) is 16.7 Å². The van der Waals surface area contributed by atoms with E-state index < -0.39 is 15.3 Å². The Morgan fingerprint density at radius 2 is 2.12 bits per heavy atom. The zero-order valence-corrected chi connectivity index (χ0v) is 10.2. The third-order valence-corrected chi connectivity index (χ3v) is 3.88. The first-order valence-electron chi connectivity index (χ1n) is 4.92. The molecule has 1 rings (SSSR count). The fraction of sp³-hybridized carbons (Fsp3) is 0.455. The van der Waals surface area contributed by atoms with Crippen molar-refractivity contribution in [2.75, 3.05) is 5.75 Å². The van der Waals surface area contributed by atoms with E-state index in [1.54, 1.807) is 26.0 Å².